The summed E-state index contributed by atoms with van der Waals surface area (Å²) in [6.45, 7) is -0.142. The van der Waals surface area contributed by atoms with Crippen LogP contribution in [0.1, 0.15) is 10.4 Å². The molecule has 0 unspecified atom stereocenters. The molecule has 0 fully saturated rings. The van der Waals surface area contributed by atoms with Crippen molar-refractivity contribution in [3.63, 3.8) is 0 Å². The first-order valence-corrected chi connectivity index (χ1v) is 10.6. The molecule has 2 rings (SSSR count). The molecule has 0 aromatic heterocycles. The monoisotopic (exact) mass is 441 g/mol. The zero-order valence-corrected chi connectivity index (χ0v) is 17.1. The van der Waals surface area contributed by atoms with E-state index in [2.05, 4.69) is 10.6 Å². The van der Waals surface area contributed by atoms with Crippen molar-refractivity contribution in [2.45, 2.75) is 0 Å². The molecule has 2 aromatic rings. The van der Waals surface area contributed by atoms with E-state index in [-0.39, 0.29) is 23.5 Å². The topological polar surface area (TPSA) is 105 Å². The molecule has 0 aliphatic carbocycles. The molecular weight excluding hydrogens is 420 g/mol. The first kappa shape index (κ1) is 23.2. The maximum atomic E-state index is 13.5. The van der Waals surface area contributed by atoms with Crippen molar-refractivity contribution < 1.29 is 31.5 Å². The number of hydrogen-bond donors (Lipinski definition) is 2. The molecular formula is C19H21F2N3O5S. The zero-order chi connectivity index (χ0) is 22.3. The number of nitrogens with zero attached hydrogens (tertiary/aromatic N) is 1. The minimum absolute atomic E-state index is 0.163. The molecule has 0 bridgehead atoms. The van der Waals surface area contributed by atoms with Gasteiger partial charge in [0.15, 0.2) is 11.6 Å². The number of sulfonamides is 1. The van der Waals surface area contributed by atoms with E-state index in [1.807, 2.05) is 0 Å². The second-order valence-corrected chi connectivity index (χ2v) is 8.12. The summed E-state index contributed by atoms with van der Waals surface area (Å²) in [5.41, 5.74) is 0.119. The highest BCUT2D eigenvalue weighted by Crippen LogP contribution is 2.21. The average molecular weight is 441 g/mol. The Kier molecular flexibility index (Phi) is 7.84. The van der Waals surface area contributed by atoms with E-state index in [0.29, 0.717) is 17.0 Å². The number of para-hydroxylation sites is 1. The summed E-state index contributed by atoms with van der Waals surface area (Å²) in [4.78, 5) is 24.8. The van der Waals surface area contributed by atoms with Gasteiger partial charge in [-0.2, -0.15) is 0 Å². The van der Waals surface area contributed by atoms with Crippen LogP contribution in [-0.2, 0) is 19.6 Å². The molecule has 0 saturated carbocycles. The Hall–Kier alpha value is -3.05. The summed E-state index contributed by atoms with van der Waals surface area (Å²) in [6, 6.07) is 8.65. The number of methoxy groups -OCH3 is 1. The maximum Gasteiger partial charge on any atom is 0.253 e. The van der Waals surface area contributed by atoms with Gasteiger partial charge in [-0.15, -0.1) is 0 Å². The van der Waals surface area contributed by atoms with E-state index in [9.17, 15) is 26.8 Å². The van der Waals surface area contributed by atoms with Crippen molar-refractivity contribution in [1.29, 1.82) is 0 Å². The van der Waals surface area contributed by atoms with Crippen molar-refractivity contribution in [3.05, 3.63) is 59.7 Å². The highest BCUT2D eigenvalue weighted by Gasteiger charge is 2.23. The van der Waals surface area contributed by atoms with Gasteiger partial charge in [-0.3, -0.25) is 13.9 Å². The highest BCUT2D eigenvalue weighted by atomic mass is 32.2. The van der Waals surface area contributed by atoms with Crippen molar-refractivity contribution in [1.82, 2.24) is 5.32 Å². The number of amides is 2. The third-order valence-electron chi connectivity index (χ3n) is 3.92. The summed E-state index contributed by atoms with van der Waals surface area (Å²) in [7, 11) is -2.50. The molecule has 0 aliphatic rings. The molecule has 0 heterocycles. The maximum absolute atomic E-state index is 13.5. The first-order chi connectivity index (χ1) is 14.1. The molecule has 2 amide bonds. The van der Waals surface area contributed by atoms with E-state index in [1.54, 1.807) is 12.1 Å². The number of anilines is 2. The van der Waals surface area contributed by atoms with Gasteiger partial charge in [0.05, 0.1) is 29.8 Å². The van der Waals surface area contributed by atoms with Gasteiger partial charge in [0.25, 0.3) is 5.91 Å². The van der Waals surface area contributed by atoms with Crippen LogP contribution in [0.3, 0.4) is 0 Å². The quantitative estimate of drug-likeness (QED) is 0.577. The minimum Gasteiger partial charge on any atom is -0.383 e. The fourth-order valence-electron chi connectivity index (χ4n) is 2.51. The molecule has 0 spiro atoms. The zero-order valence-electron chi connectivity index (χ0n) is 16.3. The summed E-state index contributed by atoms with van der Waals surface area (Å²) in [6.07, 6.45) is 0.832. The van der Waals surface area contributed by atoms with Gasteiger partial charge in [0, 0.05) is 19.7 Å². The number of halogens is 2. The van der Waals surface area contributed by atoms with E-state index >= 15 is 0 Å². The van der Waals surface area contributed by atoms with Crippen molar-refractivity contribution in [3.8, 4) is 0 Å². The Morgan fingerprint density at radius 1 is 1.10 bits per heavy atom. The summed E-state index contributed by atoms with van der Waals surface area (Å²) >= 11 is 0. The largest absolute Gasteiger partial charge is 0.383 e. The number of ether oxygens (including phenoxy) is 1. The van der Waals surface area contributed by atoms with Crippen molar-refractivity contribution >= 4 is 33.2 Å². The van der Waals surface area contributed by atoms with Gasteiger partial charge in [-0.1, -0.05) is 12.1 Å². The summed E-state index contributed by atoms with van der Waals surface area (Å²) in [5.74, 6) is -3.63. The third-order valence-corrected chi connectivity index (χ3v) is 5.06. The van der Waals surface area contributed by atoms with Crippen LogP contribution in [0.15, 0.2) is 42.5 Å². The summed E-state index contributed by atoms with van der Waals surface area (Å²) in [5, 5.41) is 5.09. The number of hydrogen-bond acceptors (Lipinski definition) is 5. The van der Waals surface area contributed by atoms with E-state index < -0.39 is 40.0 Å². The molecule has 0 radical (unpaired) electrons. The minimum atomic E-state index is -3.99. The lowest BCUT2D eigenvalue weighted by atomic mass is 10.1. The van der Waals surface area contributed by atoms with Gasteiger partial charge in [0.2, 0.25) is 15.9 Å². The number of carbonyl (C=O) groups is 2. The second-order valence-electron chi connectivity index (χ2n) is 6.21. The van der Waals surface area contributed by atoms with Crippen LogP contribution in [-0.4, -0.2) is 53.3 Å². The number of benzene rings is 2. The molecule has 2 N–H and O–H groups in total. The SMILES string of the molecule is COCCNC(=O)c1ccccc1NC(=O)CN(c1ccc(F)c(F)c1)S(C)(=O)=O. The molecule has 0 saturated heterocycles. The Morgan fingerprint density at radius 2 is 1.80 bits per heavy atom. The van der Waals surface area contributed by atoms with Crippen LogP contribution in [0.5, 0.6) is 0 Å². The van der Waals surface area contributed by atoms with E-state index in [0.717, 1.165) is 18.4 Å². The van der Waals surface area contributed by atoms with E-state index in [4.69, 9.17) is 4.74 Å². The highest BCUT2D eigenvalue weighted by molar-refractivity contribution is 7.92. The smallest absolute Gasteiger partial charge is 0.253 e. The standard InChI is InChI=1S/C19H21F2N3O5S/c1-29-10-9-22-19(26)14-5-3-4-6-17(14)23-18(25)12-24(30(2,27)28)13-7-8-15(20)16(21)11-13/h3-8,11H,9-10,12H2,1-2H3,(H,22,26)(H,23,25). The van der Waals surface area contributed by atoms with Gasteiger partial charge in [-0.05, 0) is 24.3 Å². The molecule has 162 valence electrons. The lowest BCUT2D eigenvalue weighted by molar-refractivity contribution is -0.114. The van der Waals surface area contributed by atoms with Gasteiger partial charge in [-0.25, -0.2) is 17.2 Å². The van der Waals surface area contributed by atoms with Crippen LogP contribution in [0.2, 0.25) is 0 Å². The molecule has 2 aromatic carbocycles. The molecule has 8 nitrogen and oxygen atoms in total. The molecule has 0 atom stereocenters. The van der Waals surface area contributed by atoms with Crippen molar-refractivity contribution in [2.24, 2.45) is 0 Å². The van der Waals surface area contributed by atoms with Crippen LogP contribution in [0.25, 0.3) is 0 Å². The summed E-state index contributed by atoms with van der Waals surface area (Å²) < 4.78 is 56.4. The predicted octanol–water partition coefficient (Wildman–Crippen LogP) is 1.75. The average Bonchev–Trinajstić information content (AvgIpc) is 2.68. The number of rotatable bonds is 9. The van der Waals surface area contributed by atoms with E-state index in [1.165, 1.54) is 19.2 Å². The van der Waals surface area contributed by atoms with Gasteiger partial charge < -0.3 is 15.4 Å². The van der Waals surface area contributed by atoms with Crippen LogP contribution >= 0.6 is 0 Å². The first-order valence-electron chi connectivity index (χ1n) is 8.72. The molecule has 0 aliphatic heterocycles. The normalized spacial score (nSPS) is 11.1. The van der Waals surface area contributed by atoms with Gasteiger partial charge >= 0.3 is 0 Å². The fourth-order valence-corrected chi connectivity index (χ4v) is 3.36. The lowest BCUT2D eigenvalue weighted by Crippen LogP contribution is -2.38. The predicted molar refractivity (Wildman–Crippen MR) is 108 cm³/mol. The lowest BCUT2D eigenvalue weighted by Gasteiger charge is -2.22. The number of carbonyl (C=O) groups excluding carboxylic acids is 2. The number of nitrogens with one attached hydrogen (secondary N) is 2. The third kappa shape index (κ3) is 6.22. The van der Waals surface area contributed by atoms with Gasteiger partial charge in [0.1, 0.15) is 6.54 Å². The Morgan fingerprint density at radius 3 is 2.43 bits per heavy atom. The van der Waals surface area contributed by atoms with Crippen LogP contribution < -0.4 is 14.9 Å². The molecule has 30 heavy (non-hydrogen) atoms. The Balaban J connectivity index is 2.20. The fraction of sp³-hybridized carbons (Fsp3) is 0.263. The Labute approximate surface area is 172 Å². The molecule has 11 heteroatoms. The Bertz CT molecular complexity index is 1030. The second kappa shape index (κ2) is 10.1. The van der Waals surface area contributed by atoms with Crippen LogP contribution in [0.4, 0.5) is 20.2 Å². The van der Waals surface area contributed by atoms with Crippen LogP contribution in [0, 0.1) is 11.6 Å². The van der Waals surface area contributed by atoms with Crippen molar-refractivity contribution in [2.75, 3.05) is 42.7 Å².